The largest absolute Gasteiger partial charge is 0.467 e. The molecule has 0 saturated heterocycles. The number of nitrogens with one attached hydrogen (secondary N) is 1. The fraction of sp³-hybridized carbons (Fsp3) is 0.562. The standard InChI is InChI=1S/C16H23NO2/c1-4-13-8-9-16(11-13,15(18)19-3)17-14-7-5-6-12(2)10-14/h5-7,10,13,17H,4,8-9,11H2,1-3H3. The Hall–Kier alpha value is -1.51. The smallest absolute Gasteiger partial charge is 0.331 e. The van der Waals surface area contributed by atoms with E-state index in [4.69, 9.17) is 4.74 Å². The number of methoxy groups -OCH3 is 1. The molecular formula is C16H23NO2. The molecule has 1 N–H and O–H groups in total. The lowest BCUT2D eigenvalue weighted by Gasteiger charge is -2.29. The number of carbonyl (C=O) groups is 1. The Kier molecular flexibility index (Phi) is 4.13. The molecule has 0 radical (unpaired) electrons. The van der Waals surface area contributed by atoms with E-state index < -0.39 is 5.54 Å². The Morgan fingerprint density at radius 2 is 2.32 bits per heavy atom. The van der Waals surface area contributed by atoms with E-state index in [-0.39, 0.29) is 5.97 Å². The highest BCUT2D eigenvalue weighted by molar-refractivity contribution is 5.85. The van der Waals surface area contributed by atoms with E-state index in [1.54, 1.807) is 0 Å². The highest BCUT2D eigenvalue weighted by Gasteiger charge is 2.45. The van der Waals surface area contributed by atoms with E-state index >= 15 is 0 Å². The molecule has 1 aliphatic carbocycles. The zero-order chi connectivity index (χ0) is 13.9. The zero-order valence-corrected chi connectivity index (χ0v) is 12.0. The predicted molar refractivity (Wildman–Crippen MR) is 77.2 cm³/mol. The first-order chi connectivity index (χ1) is 9.09. The van der Waals surface area contributed by atoms with Gasteiger partial charge in [0.25, 0.3) is 0 Å². The summed E-state index contributed by atoms with van der Waals surface area (Å²) in [6, 6.07) is 8.15. The van der Waals surface area contributed by atoms with E-state index in [1.807, 2.05) is 12.1 Å². The molecule has 0 heterocycles. The molecule has 1 aliphatic rings. The summed E-state index contributed by atoms with van der Waals surface area (Å²) in [7, 11) is 1.47. The van der Waals surface area contributed by atoms with E-state index in [9.17, 15) is 4.79 Å². The van der Waals surface area contributed by atoms with Gasteiger partial charge in [0.2, 0.25) is 0 Å². The van der Waals surface area contributed by atoms with Gasteiger partial charge in [-0.15, -0.1) is 0 Å². The molecule has 0 aliphatic heterocycles. The molecule has 0 amide bonds. The lowest BCUT2D eigenvalue weighted by molar-refractivity contribution is -0.145. The summed E-state index contributed by atoms with van der Waals surface area (Å²) >= 11 is 0. The highest BCUT2D eigenvalue weighted by Crippen LogP contribution is 2.39. The number of anilines is 1. The van der Waals surface area contributed by atoms with Gasteiger partial charge in [0.15, 0.2) is 0 Å². The van der Waals surface area contributed by atoms with Crippen molar-refractivity contribution in [2.75, 3.05) is 12.4 Å². The molecule has 1 fully saturated rings. The number of ether oxygens (including phenoxy) is 1. The first-order valence-corrected chi connectivity index (χ1v) is 7.03. The SMILES string of the molecule is CCC1CCC(Nc2cccc(C)c2)(C(=O)OC)C1. The van der Waals surface area contributed by atoms with Crippen LogP contribution in [0.5, 0.6) is 0 Å². The van der Waals surface area contributed by atoms with Crippen LogP contribution in [0.1, 0.15) is 38.2 Å². The van der Waals surface area contributed by atoms with Gasteiger partial charge in [0.05, 0.1) is 7.11 Å². The molecule has 2 rings (SSSR count). The Bertz CT molecular complexity index is 458. The molecule has 2 unspecified atom stereocenters. The second-order valence-electron chi connectivity index (χ2n) is 5.59. The van der Waals surface area contributed by atoms with Crippen molar-refractivity contribution in [2.45, 2.75) is 45.1 Å². The Balaban J connectivity index is 2.22. The van der Waals surface area contributed by atoms with Crippen LogP contribution < -0.4 is 5.32 Å². The van der Waals surface area contributed by atoms with Crippen LogP contribution in [0.15, 0.2) is 24.3 Å². The first kappa shape index (κ1) is 13.9. The van der Waals surface area contributed by atoms with Gasteiger partial charge >= 0.3 is 5.97 Å². The molecule has 2 atom stereocenters. The molecule has 0 aromatic heterocycles. The van der Waals surface area contributed by atoms with Crippen LogP contribution in [0.4, 0.5) is 5.69 Å². The van der Waals surface area contributed by atoms with E-state index in [0.29, 0.717) is 5.92 Å². The van der Waals surface area contributed by atoms with E-state index in [0.717, 1.165) is 31.4 Å². The monoisotopic (exact) mass is 261 g/mol. The van der Waals surface area contributed by atoms with Crippen LogP contribution in [-0.2, 0) is 9.53 Å². The molecule has 3 heteroatoms. The minimum Gasteiger partial charge on any atom is -0.467 e. The number of aryl methyl sites for hydroxylation is 1. The average Bonchev–Trinajstić information content (AvgIpc) is 2.82. The van der Waals surface area contributed by atoms with Crippen LogP contribution >= 0.6 is 0 Å². The maximum Gasteiger partial charge on any atom is 0.331 e. The highest BCUT2D eigenvalue weighted by atomic mass is 16.5. The second-order valence-corrected chi connectivity index (χ2v) is 5.59. The van der Waals surface area contributed by atoms with Crippen molar-refractivity contribution >= 4 is 11.7 Å². The molecular weight excluding hydrogens is 238 g/mol. The van der Waals surface area contributed by atoms with Crippen LogP contribution in [0.3, 0.4) is 0 Å². The van der Waals surface area contributed by atoms with Crippen LogP contribution in [0.25, 0.3) is 0 Å². The summed E-state index contributed by atoms with van der Waals surface area (Å²) in [4.78, 5) is 12.2. The summed E-state index contributed by atoms with van der Waals surface area (Å²) in [5, 5.41) is 3.44. The van der Waals surface area contributed by atoms with Crippen LogP contribution in [0, 0.1) is 12.8 Å². The Morgan fingerprint density at radius 1 is 1.53 bits per heavy atom. The summed E-state index contributed by atoms with van der Waals surface area (Å²) < 4.78 is 5.03. The molecule has 1 aromatic rings. The van der Waals surface area contributed by atoms with Gasteiger partial charge < -0.3 is 10.1 Å². The predicted octanol–water partition coefficient (Wildman–Crippen LogP) is 3.53. The van der Waals surface area contributed by atoms with Crippen molar-refractivity contribution in [1.82, 2.24) is 0 Å². The molecule has 0 bridgehead atoms. The topological polar surface area (TPSA) is 38.3 Å². The van der Waals surface area contributed by atoms with Gasteiger partial charge in [0.1, 0.15) is 5.54 Å². The number of hydrogen-bond acceptors (Lipinski definition) is 3. The molecule has 19 heavy (non-hydrogen) atoms. The van der Waals surface area contributed by atoms with Crippen molar-refractivity contribution in [3.63, 3.8) is 0 Å². The fourth-order valence-corrected chi connectivity index (χ4v) is 3.04. The number of esters is 1. The third kappa shape index (κ3) is 2.91. The number of benzene rings is 1. The maximum absolute atomic E-state index is 12.2. The number of rotatable bonds is 4. The third-order valence-electron chi connectivity index (χ3n) is 4.17. The van der Waals surface area contributed by atoms with Crippen molar-refractivity contribution in [3.8, 4) is 0 Å². The number of carbonyl (C=O) groups excluding carboxylic acids is 1. The van der Waals surface area contributed by atoms with Crippen molar-refractivity contribution in [2.24, 2.45) is 5.92 Å². The van der Waals surface area contributed by atoms with E-state index in [1.165, 1.54) is 12.7 Å². The van der Waals surface area contributed by atoms with Crippen LogP contribution in [0.2, 0.25) is 0 Å². The molecule has 1 saturated carbocycles. The Morgan fingerprint density at radius 3 is 2.89 bits per heavy atom. The molecule has 0 spiro atoms. The molecule has 1 aromatic carbocycles. The summed E-state index contributed by atoms with van der Waals surface area (Å²) in [5.74, 6) is 0.473. The minimum absolute atomic E-state index is 0.134. The first-order valence-electron chi connectivity index (χ1n) is 7.03. The van der Waals surface area contributed by atoms with Crippen LogP contribution in [-0.4, -0.2) is 18.6 Å². The van der Waals surface area contributed by atoms with Gasteiger partial charge in [-0.3, -0.25) is 0 Å². The third-order valence-corrected chi connectivity index (χ3v) is 4.17. The van der Waals surface area contributed by atoms with Crippen molar-refractivity contribution < 1.29 is 9.53 Å². The second kappa shape index (κ2) is 5.64. The zero-order valence-electron chi connectivity index (χ0n) is 12.0. The fourth-order valence-electron chi connectivity index (χ4n) is 3.04. The lowest BCUT2D eigenvalue weighted by Crippen LogP contribution is -2.45. The number of hydrogen-bond donors (Lipinski definition) is 1. The van der Waals surface area contributed by atoms with E-state index in [2.05, 4.69) is 31.3 Å². The summed E-state index contributed by atoms with van der Waals surface area (Å²) in [5.41, 5.74) is 1.65. The lowest BCUT2D eigenvalue weighted by atomic mass is 9.94. The van der Waals surface area contributed by atoms with Crippen molar-refractivity contribution in [1.29, 1.82) is 0 Å². The quantitative estimate of drug-likeness (QED) is 0.843. The average molecular weight is 261 g/mol. The maximum atomic E-state index is 12.2. The van der Waals surface area contributed by atoms with Gasteiger partial charge in [-0.2, -0.15) is 0 Å². The van der Waals surface area contributed by atoms with Gasteiger partial charge in [-0.05, 0) is 49.8 Å². The minimum atomic E-state index is -0.538. The van der Waals surface area contributed by atoms with Gasteiger partial charge in [-0.25, -0.2) is 4.79 Å². The summed E-state index contributed by atoms with van der Waals surface area (Å²) in [6.07, 6.45) is 3.93. The van der Waals surface area contributed by atoms with Gasteiger partial charge in [0, 0.05) is 5.69 Å². The Labute approximate surface area is 115 Å². The van der Waals surface area contributed by atoms with Crippen molar-refractivity contribution in [3.05, 3.63) is 29.8 Å². The van der Waals surface area contributed by atoms with Gasteiger partial charge in [-0.1, -0.05) is 25.5 Å². The summed E-state index contributed by atoms with van der Waals surface area (Å²) in [6.45, 7) is 4.24. The molecule has 104 valence electrons. The molecule has 3 nitrogen and oxygen atoms in total. The normalized spacial score (nSPS) is 26.2.